The molecule has 0 atom stereocenters. The van der Waals surface area contributed by atoms with Gasteiger partial charge in [0.25, 0.3) is 0 Å². The first-order valence-corrected chi connectivity index (χ1v) is 1.22. The van der Waals surface area contributed by atoms with Crippen molar-refractivity contribution in [2.75, 3.05) is 0 Å². The minimum Gasteiger partial charge on any atom is -2.00 e. The molecule has 0 radical (unpaired) electrons. The van der Waals surface area contributed by atoms with E-state index in [-0.39, 0.29) is 65.3 Å². The van der Waals surface area contributed by atoms with E-state index in [1.165, 1.54) is 0 Å². The second-order valence-electron chi connectivity index (χ2n) is 0.0833. The van der Waals surface area contributed by atoms with Gasteiger partial charge in [-0.2, -0.15) is 0 Å². The fourth-order valence-electron chi connectivity index (χ4n) is 0. The van der Waals surface area contributed by atoms with Gasteiger partial charge in [0.2, 0.25) is 0 Å². The summed E-state index contributed by atoms with van der Waals surface area (Å²) in [5.41, 5.74) is 0. The minimum absolute atomic E-state index is 0. The summed E-state index contributed by atoms with van der Waals surface area (Å²) in [4.78, 5) is 0. The quantitative estimate of drug-likeness (QED) is 0.476. The number of hydrogen-bond donors (Lipinski definition) is 0. The summed E-state index contributed by atoms with van der Waals surface area (Å²) >= 11 is 0. The van der Waals surface area contributed by atoms with Gasteiger partial charge < -0.3 is 21.9 Å². The van der Waals surface area contributed by atoms with Crippen molar-refractivity contribution in [2.24, 2.45) is 0 Å². The Hall–Kier alpha value is 1.09. The fraction of sp³-hybridized carbons (Fsp3) is 0. The third kappa shape index (κ3) is 387. The summed E-state index contributed by atoms with van der Waals surface area (Å²) in [6, 6.07) is 0. The smallest absolute Gasteiger partial charge is 2.00 e. The molecule has 0 heterocycles. The number of rotatable bonds is 0. The van der Waals surface area contributed by atoms with Crippen LogP contribution in [0.4, 0.5) is 0 Å². The Bertz CT molecular complexity index is 32.0. The van der Waals surface area contributed by atoms with Crippen molar-refractivity contribution in [3.8, 4) is 0 Å². The molecule has 0 N–H and O–H groups in total. The van der Waals surface area contributed by atoms with Gasteiger partial charge in [-0.1, -0.05) is 0 Å². The van der Waals surface area contributed by atoms with Crippen LogP contribution in [0.25, 0.3) is 0 Å². The Morgan fingerprint density at radius 3 is 0.667 bits per heavy atom. The average molecular weight is 220 g/mol. The molecule has 0 fully saturated rings. The molecular formula is O6SiTi2. The van der Waals surface area contributed by atoms with E-state index in [1.807, 2.05) is 0 Å². The Morgan fingerprint density at radius 2 is 0.667 bits per heavy atom. The zero-order valence-electron chi connectivity index (χ0n) is 3.95. The normalized spacial score (nSPS) is 0.889. The van der Waals surface area contributed by atoms with Crippen LogP contribution in [0.2, 0.25) is 0 Å². The first-order chi connectivity index (χ1) is 1.41. The SMILES string of the molecule is O=[Si]=O.[O-2].[O-2].[O-2].[O-2].[Ti+4].[Ti+4]. The summed E-state index contributed by atoms with van der Waals surface area (Å²) in [6.45, 7) is 0. The van der Waals surface area contributed by atoms with Crippen LogP contribution in [-0.2, 0) is 74.3 Å². The van der Waals surface area contributed by atoms with E-state index in [4.69, 9.17) is 8.92 Å². The van der Waals surface area contributed by atoms with Gasteiger partial charge in [-0.3, -0.25) is 8.92 Å². The van der Waals surface area contributed by atoms with Gasteiger partial charge in [0, 0.05) is 0 Å². The molecule has 0 saturated heterocycles. The maximum Gasteiger partial charge on any atom is 4.00 e. The molecule has 9 heavy (non-hydrogen) atoms. The molecule has 0 bridgehead atoms. The molecule has 9 heteroatoms. The molecular weight excluding hydrogens is 220 g/mol. The molecule has 0 aromatic carbocycles. The molecule has 6 nitrogen and oxygen atoms in total. The van der Waals surface area contributed by atoms with Crippen LogP contribution >= 0.6 is 0 Å². The summed E-state index contributed by atoms with van der Waals surface area (Å²) in [6.07, 6.45) is 0. The maximum atomic E-state index is 8.40. The van der Waals surface area contributed by atoms with Gasteiger partial charge in [0.15, 0.2) is 0 Å². The molecule has 0 unspecified atom stereocenters. The fourth-order valence-corrected chi connectivity index (χ4v) is 0. The van der Waals surface area contributed by atoms with Crippen LogP contribution < -0.4 is 0 Å². The van der Waals surface area contributed by atoms with Crippen molar-refractivity contribution in [1.82, 2.24) is 0 Å². The van der Waals surface area contributed by atoms with E-state index in [0.29, 0.717) is 0 Å². The monoisotopic (exact) mass is 220 g/mol. The van der Waals surface area contributed by atoms with Crippen LogP contribution in [0.5, 0.6) is 0 Å². The van der Waals surface area contributed by atoms with E-state index < -0.39 is 9.29 Å². The third-order valence-electron chi connectivity index (χ3n) is 0. The van der Waals surface area contributed by atoms with Crippen molar-refractivity contribution in [1.29, 1.82) is 0 Å². The molecule has 0 rings (SSSR count). The molecule has 0 saturated carbocycles. The van der Waals surface area contributed by atoms with Crippen molar-refractivity contribution >= 4 is 9.29 Å². The largest absolute Gasteiger partial charge is 4.00 e. The van der Waals surface area contributed by atoms with Crippen LogP contribution in [0.3, 0.4) is 0 Å². The summed E-state index contributed by atoms with van der Waals surface area (Å²) in [5.74, 6) is 0. The predicted molar refractivity (Wildman–Crippen MR) is 9.87 cm³/mol. The standard InChI is InChI=1S/O2Si.4O.2Ti/c1-3-2;;;;;;/q;4*-2;2*+4. The third-order valence-corrected chi connectivity index (χ3v) is 0. The molecule has 0 amide bonds. The van der Waals surface area contributed by atoms with E-state index in [9.17, 15) is 0 Å². The van der Waals surface area contributed by atoms with Gasteiger partial charge in [0.05, 0.1) is 0 Å². The molecule has 0 aliphatic rings. The Labute approximate surface area is 83.3 Å². The Balaban J connectivity index is -0.00000000133. The van der Waals surface area contributed by atoms with Gasteiger partial charge in [-0.05, 0) is 0 Å². The molecule has 48 valence electrons. The van der Waals surface area contributed by atoms with Crippen molar-refractivity contribution < 1.29 is 74.3 Å². The van der Waals surface area contributed by atoms with E-state index in [2.05, 4.69) is 0 Å². The van der Waals surface area contributed by atoms with Gasteiger partial charge in [0.1, 0.15) is 0 Å². The zero-order valence-corrected chi connectivity index (χ0v) is 8.07. The van der Waals surface area contributed by atoms with E-state index in [0.717, 1.165) is 0 Å². The summed E-state index contributed by atoms with van der Waals surface area (Å²) in [7, 11) is -1.42. The van der Waals surface area contributed by atoms with Crippen LogP contribution in [0.15, 0.2) is 0 Å². The first-order valence-electron chi connectivity index (χ1n) is 0.408. The molecule has 0 aliphatic carbocycles. The molecule has 0 spiro atoms. The zero-order chi connectivity index (χ0) is 2.71. The van der Waals surface area contributed by atoms with Gasteiger partial charge >= 0.3 is 52.7 Å². The average Bonchev–Trinajstić information content (AvgIpc) is 0.918. The van der Waals surface area contributed by atoms with Crippen LogP contribution in [0.1, 0.15) is 0 Å². The van der Waals surface area contributed by atoms with Crippen molar-refractivity contribution in [3.63, 3.8) is 0 Å². The van der Waals surface area contributed by atoms with Gasteiger partial charge in [-0.15, -0.1) is 0 Å². The Morgan fingerprint density at radius 1 is 0.667 bits per heavy atom. The molecule has 0 aliphatic heterocycles. The first kappa shape index (κ1) is 87.4. The summed E-state index contributed by atoms with van der Waals surface area (Å²) < 4.78 is 16.8. The second-order valence-corrected chi connectivity index (χ2v) is 0.250. The van der Waals surface area contributed by atoms with Crippen LogP contribution in [-0.4, -0.2) is 9.29 Å². The van der Waals surface area contributed by atoms with Crippen LogP contribution in [0, 0.1) is 0 Å². The van der Waals surface area contributed by atoms with Crippen molar-refractivity contribution in [3.05, 3.63) is 0 Å². The topological polar surface area (TPSA) is 148 Å². The Kier molecular flexibility index (Phi) is 1330. The predicted octanol–water partition coefficient (Wildman–Crippen LogP) is -1.10. The molecule has 0 aromatic heterocycles. The number of hydrogen-bond acceptors (Lipinski definition) is 2. The van der Waals surface area contributed by atoms with Crippen molar-refractivity contribution in [2.45, 2.75) is 0 Å². The van der Waals surface area contributed by atoms with Gasteiger partial charge in [-0.25, -0.2) is 0 Å². The maximum absolute atomic E-state index is 8.40. The minimum atomic E-state index is -1.42. The molecule has 0 aromatic rings. The van der Waals surface area contributed by atoms with E-state index in [1.54, 1.807) is 0 Å². The summed E-state index contributed by atoms with van der Waals surface area (Å²) in [5, 5.41) is 0. The second kappa shape index (κ2) is 137. The van der Waals surface area contributed by atoms with E-state index >= 15 is 0 Å².